The number of aryl methyl sites for hydroxylation is 1. The highest BCUT2D eigenvalue weighted by molar-refractivity contribution is 7.09. The molecule has 0 spiro atoms. The predicted molar refractivity (Wildman–Crippen MR) is 112 cm³/mol. The number of thiazole rings is 1. The monoisotopic (exact) mass is 417 g/mol. The van der Waals surface area contributed by atoms with Gasteiger partial charge in [-0.15, -0.1) is 11.3 Å². The van der Waals surface area contributed by atoms with Gasteiger partial charge in [0.05, 0.1) is 13.2 Å². The van der Waals surface area contributed by atoms with Gasteiger partial charge in [0, 0.05) is 29.7 Å². The van der Waals surface area contributed by atoms with Gasteiger partial charge in [0.1, 0.15) is 5.01 Å². The zero-order valence-corrected chi connectivity index (χ0v) is 17.7. The number of likely N-dealkylation sites (tertiary alicyclic amines) is 1. The standard InChI is InChI=1S/C21H27N3O4S/c1-3-27-18-11-16(21(26)22-12-19-23-15(2)14-29-19)7-8-17(18)28-13-20(25)24-9-5-4-6-10-24/h7-8,11,14H,3-6,9-10,12-13H2,1-2H3,(H,22,26). The number of ether oxygens (including phenoxy) is 2. The van der Waals surface area contributed by atoms with Gasteiger partial charge in [-0.2, -0.15) is 0 Å². The summed E-state index contributed by atoms with van der Waals surface area (Å²) in [5.74, 6) is 0.684. The lowest BCUT2D eigenvalue weighted by molar-refractivity contribution is -0.134. The number of amides is 2. The van der Waals surface area contributed by atoms with E-state index in [4.69, 9.17) is 9.47 Å². The molecule has 0 aliphatic carbocycles. The Bertz CT molecular complexity index is 846. The first-order chi connectivity index (χ1) is 14.1. The fourth-order valence-electron chi connectivity index (χ4n) is 3.15. The topological polar surface area (TPSA) is 80.8 Å². The fraction of sp³-hybridized carbons (Fsp3) is 0.476. The molecule has 1 fully saturated rings. The lowest BCUT2D eigenvalue weighted by Crippen LogP contribution is -2.38. The van der Waals surface area contributed by atoms with E-state index in [1.54, 1.807) is 18.2 Å². The van der Waals surface area contributed by atoms with Crippen LogP contribution in [0, 0.1) is 6.92 Å². The van der Waals surface area contributed by atoms with Gasteiger partial charge in [0.25, 0.3) is 11.8 Å². The van der Waals surface area contributed by atoms with Crippen LogP contribution in [-0.2, 0) is 11.3 Å². The third-order valence-electron chi connectivity index (χ3n) is 4.63. The van der Waals surface area contributed by atoms with Crippen LogP contribution in [0.4, 0.5) is 0 Å². The highest BCUT2D eigenvalue weighted by Gasteiger charge is 2.18. The van der Waals surface area contributed by atoms with Crippen LogP contribution in [0.2, 0.25) is 0 Å². The second kappa shape index (κ2) is 10.2. The van der Waals surface area contributed by atoms with Gasteiger partial charge in [0.2, 0.25) is 0 Å². The lowest BCUT2D eigenvalue weighted by Gasteiger charge is -2.26. The number of hydrogen-bond donors (Lipinski definition) is 1. The van der Waals surface area contributed by atoms with Crippen molar-refractivity contribution in [1.29, 1.82) is 0 Å². The first-order valence-corrected chi connectivity index (χ1v) is 10.8. The molecule has 8 heteroatoms. The van der Waals surface area contributed by atoms with Crippen molar-refractivity contribution in [2.24, 2.45) is 0 Å². The van der Waals surface area contributed by atoms with Gasteiger partial charge in [0.15, 0.2) is 18.1 Å². The van der Waals surface area contributed by atoms with E-state index in [0.29, 0.717) is 30.2 Å². The summed E-state index contributed by atoms with van der Waals surface area (Å²) >= 11 is 1.51. The van der Waals surface area contributed by atoms with Crippen molar-refractivity contribution in [3.63, 3.8) is 0 Å². The van der Waals surface area contributed by atoms with Gasteiger partial charge in [-0.25, -0.2) is 4.98 Å². The second-order valence-corrected chi connectivity index (χ2v) is 7.83. The molecule has 1 N–H and O–H groups in total. The zero-order valence-electron chi connectivity index (χ0n) is 16.9. The maximum atomic E-state index is 12.5. The summed E-state index contributed by atoms with van der Waals surface area (Å²) < 4.78 is 11.3. The summed E-state index contributed by atoms with van der Waals surface area (Å²) in [5.41, 5.74) is 1.41. The van der Waals surface area contributed by atoms with Crippen molar-refractivity contribution in [1.82, 2.24) is 15.2 Å². The number of benzene rings is 1. The quantitative estimate of drug-likeness (QED) is 0.714. The smallest absolute Gasteiger partial charge is 0.260 e. The van der Waals surface area contributed by atoms with E-state index in [1.165, 1.54) is 17.8 Å². The number of nitrogens with zero attached hydrogens (tertiary/aromatic N) is 2. The Labute approximate surface area is 175 Å². The van der Waals surface area contributed by atoms with Crippen LogP contribution < -0.4 is 14.8 Å². The van der Waals surface area contributed by atoms with Crippen molar-refractivity contribution < 1.29 is 19.1 Å². The predicted octanol–water partition coefficient (Wildman–Crippen LogP) is 3.17. The molecular weight excluding hydrogens is 390 g/mol. The molecule has 0 bridgehead atoms. The summed E-state index contributed by atoms with van der Waals surface area (Å²) in [6.45, 7) is 6.14. The van der Waals surface area contributed by atoms with Crippen LogP contribution >= 0.6 is 11.3 Å². The van der Waals surface area contributed by atoms with Crippen molar-refractivity contribution in [2.75, 3.05) is 26.3 Å². The highest BCUT2D eigenvalue weighted by atomic mass is 32.1. The maximum Gasteiger partial charge on any atom is 0.260 e. The van der Waals surface area contributed by atoms with E-state index >= 15 is 0 Å². The lowest BCUT2D eigenvalue weighted by atomic mass is 10.1. The largest absolute Gasteiger partial charge is 0.490 e. The first kappa shape index (κ1) is 21.1. The second-order valence-electron chi connectivity index (χ2n) is 6.89. The highest BCUT2D eigenvalue weighted by Crippen LogP contribution is 2.29. The van der Waals surface area contributed by atoms with Crippen molar-refractivity contribution in [2.45, 2.75) is 39.7 Å². The molecule has 3 rings (SSSR count). The summed E-state index contributed by atoms with van der Waals surface area (Å²) in [6.07, 6.45) is 3.26. The summed E-state index contributed by atoms with van der Waals surface area (Å²) in [5, 5.41) is 5.67. The third-order valence-corrected chi connectivity index (χ3v) is 5.60. The van der Waals surface area contributed by atoms with E-state index in [2.05, 4.69) is 10.3 Å². The van der Waals surface area contributed by atoms with Crippen LogP contribution in [0.25, 0.3) is 0 Å². The molecular formula is C21H27N3O4S. The number of hydrogen-bond acceptors (Lipinski definition) is 6. The summed E-state index contributed by atoms with van der Waals surface area (Å²) in [4.78, 5) is 31.0. The number of piperidine rings is 1. The van der Waals surface area contributed by atoms with Crippen molar-refractivity contribution in [3.8, 4) is 11.5 Å². The summed E-state index contributed by atoms with van der Waals surface area (Å²) in [6, 6.07) is 5.00. The molecule has 0 unspecified atom stereocenters. The van der Waals surface area contributed by atoms with E-state index in [1.807, 2.05) is 24.1 Å². The molecule has 1 saturated heterocycles. The first-order valence-electron chi connectivity index (χ1n) is 9.93. The van der Waals surface area contributed by atoms with Crippen molar-refractivity contribution >= 4 is 23.2 Å². The van der Waals surface area contributed by atoms with Crippen LogP contribution in [0.1, 0.15) is 47.2 Å². The average Bonchev–Trinajstić information content (AvgIpc) is 3.16. The Morgan fingerprint density at radius 2 is 1.97 bits per heavy atom. The van der Waals surface area contributed by atoms with E-state index in [0.717, 1.165) is 36.6 Å². The molecule has 7 nitrogen and oxygen atoms in total. The zero-order chi connectivity index (χ0) is 20.6. The van der Waals surface area contributed by atoms with E-state index < -0.39 is 0 Å². The minimum absolute atomic E-state index is 0.0206. The number of aromatic nitrogens is 1. The fourth-order valence-corrected chi connectivity index (χ4v) is 3.86. The molecule has 2 aromatic rings. The average molecular weight is 418 g/mol. The number of nitrogens with one attached hydrogen (secondary N) is 1. The molecule has 1 aliphatic rings. The normalized spacial score (nSPS) is 13.8. The van der Waals surface area contributed by atoms with Crippen molar-refractivity contribution in [3.05, 3.63) is 39.8 Å². The maximum absolute atomic E-state index is 12.5. The van der Waals surface area contributed by atoms with Crippen LogP contribution in [0.5, 0.6) is 11.5 Å². The Morgan fingerprint density at radius 3 is 2.66 bits per heavy atom. The molecule has 156 valence electrons. The molecule has 0 radical (unpaired) electrons. The molecule has 1 aliphatic heterocycles. The SMILES string of the molecule is CCOc1cc(C(=O)NCc2nc(C)cs2)ccc1OCC(=O)N1CCCCC1. The molecule has 0 atom stereocenters. The van der Waals surface area contributed by atoms with Crippen LogP contribution in [0.15, 0.2) is 23.6 Å². The Balaban J connectivity index is 1.61. The van der Waals surface area contributed by atoms with Gasteiger partial charge in [-0.05, 0) is 51.3 Å². The third kappa shape index (κ3) is 5.93. The van der Waals surface area contributed by atoms with Crippen LogP contribution in [0.3, 0.4) is 0 Å². The molecule has 2 heterocycles. The Hall–Kier alpha value is -2.61. The van der Waals surface area contributed by atoms with Gasteiger partial charge >= 0.3 is 0 Å². The Kier molecular flexibility index (Phi) is 7.46. The molecule has 2 amide bonds. The Morgan fingerprint density at radius 1 is 1.17 bits per heavy atom. The molecule has 1 aromatic carbocycles. The van der Waals surface area contributed by atoms with Crippen LogP contribution in [-0.4, -0.2) is 48.0 Å². The number of rotatable bonds is 8. The van der Waals surface area contributed by atoms with Gasteiger partial charge < -0.3 is 19.7 Å². The molecule has 0 saturated carbocycles. The minimum Gasteiger partial charge on any atom is -0.490 e. The summed E-state index contributed by atoms with van der Waals surface area (Å²) in [7, 11) is 0. The van der Waals surface area contributed by atoms with E-state index in [-0.39, 0.29) is 18.4 Å². The number of carbonyl (C=O) groups is 2. The van der Waals surface area contributed by atoms with Gasteiger partial charge in [-0.3, -0.25) is 9.59 Å². The number of carbonyl (C=O) groups excluding carboxylic acids is 2. The van der Waals surface area contributed by atoms with E-state index in [9.17, 15) is 9.59 Å². The molecule has 1 aromatic heterocycles. The minimum atomic E-state index is -0.213. The van der Waals surface area contributed by atoms with Gasteiger partial charge in [-0.1, -0.05) is 0 Å². The molecule has 29 heavy (non-hydrogen) atoms.